The maximum atomic E-state index is 7.61. The molecule has 0 heterocycles. The van der Waals surface area contributed by atoms with E-state index in [2.05, 4.69) is 25.7 Å². The van der Waals surface area contributed by atoms with Gasteiger partial charge in [-0.25, -0.2) is 0 Å². The Morgan fingerprint density at radius 1 is 1.62 bits per heavy atom. The third kappa shape index (κ3) is 5.28. The molecule has 0 bridgehead atoms. The van der Waals surface area contributed by atoms with Crippen LogP contribution in [-0.2, 0) is 4.74 Å². The number of rotatable bonds is 6. The van der Waals surface area contributed by atoms with E-state index in [-0.39, 0.29) is 6.04 Å². The molecule has 0 radical (unpaired) electrons. The highest BCUT2D eigenvalue weighted by atomic mass is 16.5. The first-order valence-corrected chi connectivity index (χ1v) is 4.70. The highest BCUT2D eigenvalue weighted by molar-refractivity contribution is 5.78. The Balaban J connectivity index is 4.05. The maximum Gasteiger partial charge on any atom is 0.203 e. The molecular formula is C10H20N2O. The fraction of sp³-hybridized carbons (Fsp3) is 0.700. The molecule has 0 aromatic carbocycles. The molecule has 0 fully saturated rings. The van der Waals surface area contributed by atoms with Crippen LogP contribution in [0.3, 0.4) is 0 Å². The minimum absolute atomic E-state index is 0.0301. The molecule has 3 heteroatoms. The Labute approximate surface area is 80.7 Å². The van der Waals surface area contributed by atoms with E-state index in [1.165, 1.54) is 0 Å². The predicted octanol–water partition coefficient (Wildman–Crippen LogP) is 2.15. The summed E-state index contributed by atoms with van der Waals surface area (Å²) < 4.78 is 5.13. The van der Waals surface area contributed by atoms with Gasteiger partial charge in [0.05, 0.1) is 6.61 Å². The number of nitrogens with one attached hydrogen (secondary N) is 2. The van der Waals surface area contributed by atoms with Gasteiger partial charge in [-0.3, -0.25) is 5.41 Å². The lowest BCUT2D eigenvalue weighted by Gasteiger charge is -2.19. The smallest absolute Gasteiger partial charge is 0.203 e. The van der Waals surface area contributed by atoms with Gasteiger partial charge in [0.2, 0.25) is 5.90 Å². The highest BCUT2D eigenvalue weighted by Gasteiger charge is 2.15. The molecule has 0 aliphatic heterocycles. The van der Waals surface area contributed by atoms with Crippen molar-refractivity contribution in [1.82, 2.24) is 5.32 Å². The molecule has 0 aliphatic carbocycles. The van der Waals surface area contributed by atoms with E-state index in [4.69, 9.17) is 10.1 Å². The summed E-state index contributed by atoms with van der Waals surface area (Å²) in [7, 11) is 0. The molecule has 0 spiro atoms. The van der Waals surface area contributed by atoms with Crippen LogP contribution in [0.2, 0.25) is 0 Å². The third-order valence-electron chi connectivity index (χ3n) is 1.64. The molecule has 0 saturated carbocycles. The molecule has 76 valence electrons. The van der Waals surface area contributed by atoms with Gasteiger partial charge in [-0.2, -0.15) is 0 Å². The first-order valence-electron chi connectivity index (χ1n) is 4.70. The second-order valence-electron chi connectivity index (χ2n) is 3.35. The van der Waals surface area contributed by atoms with Crippen molar-refractivity contribution in [1.29, 1.82) is 5.41 Å². The number of ether oxygens (including phenoxy) is 1. The van der Waals surface area contributed by atoms with Crippen molar-refractivity contribution in [3.05, 3.63) is 12.8 Å². The zero-order valence-corrected chi connectivity index (χ0v) is 8.76. The molecule has 3 nitrogen and oxygen atoms in total. The number of hydrogen-bond donors (Lipinski definition) is 2. The average Bonchev–Trinajstić information content (AvgIpc) is 2.03. The van der Waals surface area contributed by atoms with Crippen molar-refractivity contribution < 1.29 is 4.74 Å². The summed E-state index contributed by atoms with van der Waals surface area (Å²) in [6.07, 6.45) is 2.51. The van der Waals surface area contributed by atoms with Crippen LogP contribution in [0.1, 0.15) is 27.2 Å². The van der Waals surface area contributed by atoms with Crippen LogP contribution >= 0.6 is 0 Å². The predicted molar refractivity (Wildman–Crippen MR) is 55.9 cm³/mol. The Morgan fingerprint density at radius 2 is 2.23 bits per heavy atom. The van der Waals surface area contributed by atoms with E-state index in [0.29, 0.717) is 18.4 Å². The summed E-state index contributed by atoms with van der Waals surface area (Å²) in [5.74, 6) is 0.842. The topological polar surface area (TPSA) is 45.1 Å². The normalized spacial score (nSPS) is 12.3. The van der Waals surface area contributed by atoms with Crippen LogP contribution in [0, 0.1) is 11.3 Å². The minimum Gasteiger partial charge on any atom is -0.480 e. The van der Waals surface area contributed by atoms with Gasteiger partial charge < -0.3 is 10.1 Å². The molecule has 1 unspecified atom stereocenters. The van der Waals surface area contributed by atoms with Crippen LogP contribution < -0.4 is 5.32 Å². The van der Waals surface area contributed by atoms with Gasteiger partial charge >= 0.3 is 0 Å². The quantitative estimate of drug-likeness (QED) is 0.490. The van der Waals surface area contributed by atoms with Gasteiger partial charge in [-0.1, -0.05) is 20.4 Å². The number of hydrogen-bond acceptors (Lipinski definition) is 3. The summed E-state index contributed by atoms with van der Waals surface area (Å²) in [6, 6.07) is -0.0301. The Morgan fingerprint density at radius 3 is 2.62 bits per heavy atom. The Hall–Kier alpha value is -0.990. The van der Waals surface area contributed by atoms with Crippen LogP contribution in [0.15, 0.2) is 12.8 Å². The second-order valence-corrected chi connectivity index (χ2v) is 3.35. The lowest BCUT2D eigenvalue weighted by molar-refractivity contribution is 0.296. The van der Waals surface area contributed by atoms with Crippen molar-refractivity contribution in [3.63, 3.8) is 0 Å². The van der Waals surface area contributed by atoms with E-state index in [1.54, 1.807) is 6.20 Å². The molecule has 0 saturated heterocycles. The van der Waals surface area contributed by atoms with Gasteiger partial charge in [0, 0.05) is 0 Å². The molecule has 0 aromatic heterocycles. The lowest BCUT2D eigenvalue weighted by atomic mass is 10.0. The van der Waals surface area contributed by atoms with E-state index >= 15 is 0 Å². The standard InChI is InChI=1S/C10H20N2O/c1-5-12-9(7-8(3)4)10(11)13-6-2/h5,8-9,11-12H,1,6-7H2,2-4H3. The zero-order valence-electron chi connectivity index (χ0n) is 8.76. The molecule has 2 N–H and O–H groups in total. The molecule has 1 atom stereocenters. The summed E-state index contributed by atoms with van der Waals surface area (Å²) in [6.45, 7) is 10.3. The van der Waals surface area contributed by atoms with Crippen molar-refractivity contribution in [2.24, 2.45) is 5.92 Å². The van der Waals surface area contributed by atoms with Gasteiger partial charge in [0.25, 0.3) is 0 Å². The average molecular weight is 184 g/mol. The summed E-state index contributed by atoms with van der Waals surface area (Å²) >= 11 is 0. The van der Waals surface area contributed by atoms with Crippen LogP contribution in [0.4, 0.5) is 0 Å². The SMILES string of the molecule is C=CNC(CC(C)C)C(=N)OCC. The fourth-order valence-electron chi connectivity index (χ4n) is 1.12. The van der Waals surface area contributed by atoms with E-state index in [0.717, 1.165) is 6.42 Å². The van der Waals surface area contributed by atoms with Crippen molar-refractivity contribution in [3.8, 4) is 0 Å². The van der Waals surface area contributed by atoms with Crippen LogP contribution in [-0.4, -0.2) is 18.5 Å². The van der Waals surface area contributed by atoms with E-state index in [1.807, 2.05) is 6.92 Å². The van der Waals surface area contributed by atoms with Gasteiger partial charge in [0.1, 0.15) is 6.04 Å². The first-order chi connectivity index (χ1) is 6.11. The molecular weight excluding hydrogens is 164 g/mol. The van der Waals surface area contributed by atoms with E-state index in [9.17, 15) is 0 Å². The summed E-state index contributed by atoms with van der Waals surface area (Å²) in [5.41, 5.74) is 0. The molecule has 13 heavy (non-hydrogen) atoms. The van der Waals surface area contributed by atoms with Gasteiger partial charge in [-0.15, -0.1) is 0 Å². The Bertz CT molecular complexity index is 166. The maximum absolute atomic E-state index is 7.61. The Kier molecular flexibility index (Phi) is 6.02. The summed E-state index contributed by atoms with van der Waals surface area (Å²) in [4.78, 5) is 0. The second kappa shape index (κ2) is 6.52. The van der Waals surface area contributed by atoms with Gasteiger partial charge in [0.15, 0.2) is 0 Å². The van der Waals surface area contributed by atoms with Gasteiger partial charge in [-0.05, 0) is 25.5 Å². The molecule has 0 aromatic rings. The van der Waals surface area contributed by atoms with Crippen LogP contribution in [0.25, 0.3) is 0 Å². The van der Waals surface area contributed by atoms with Crippen molar-refractivity contribution in [2.75, 3.05) is 6.61 Å². The fourth-order valence-corrected chi connectivity index (χ4v) is 1.12. The third-order valence-corrected chi connectivity index (χ3v) is 1.64. The molecule has 0 amide bonds. The largest absolute Gasteiger partial charge is 0.480 e. The monoisotopic (exact) mass is 184 g/mol. The summed E-state index contributed by atoms with van der Waals surface area (Å²) in [5, 5.41) is 10.6. The van der Waals surface area contributed by atoms with Crippen molar-refractivity contribution >= 4 is 5.90 Å². The van der Waals surface area contributed by atoms with Crippen LogP contribution in [0.5, 0.6) is 0 Å². The molecule has 0 aliphatic rings. The molecule has 0 rings (SSSR count). The zero-order chi connectivity index (χ0) is 10.3. The van der Waals surface area contributed by atoms with Crippen molar-refractivity contribution in [2.45, 2.75) is 33.2 Å². The minimum atomic E-state index is -0.0301. The van der Waals surface area contributed by atoms with E-state index < -0.39 is 0 Å². The first kappa shape index (κ1) is 12.0. The lowest BCUT2D eigenvalue weighted by Crippen LogP contribution is -2.35. The highest BCUT2D eigenvalue weighted by Crippen LogP contribution is 2.06.